The van der Waals surface area contributed by atoms with Gasteiger partial charge in [0.2, 0.25) is 0 Å². The molecule has 1 N–H and O–H groups in total. The second-order valence-electron chi connectivity index (χ2n) is 6.46. The lowest BCUT2D eigenvalue weighted by Crippen LogP contribution is -2.25. The van der Waals surface area contributed by atoms with Gasteiger partial charge in [0.15, 0.2) is 11.5 Å². The molecule has 0 unspecified atom stereocenters. The number of rotatable bonds is 8. The summed E-state index contributed by atoms with van der Waals surface area (Å²) >= 11 is 0. The van der Waals surface area contributed by atoms with Crippen molar-refractivity contribution in [3.8, 4) is 17.2 Å². The number of ether oxygens (including phenoxy) is 2. The van der Waals surface area contributed by atoms with Crippen LogP contribution in [-0.2, 0) is 6.42 Å². The van der Waals surface area contributed by atoms with Gasteiger partial charge >= 0.3 is 6.61 Å². The minimum Gasteiger partial charge on any atom is -0.493 e. The van der Waals surface area contributed by atoms with E-state index in [1.54, 1.807) is 18.2 Å². The van der Waals surface area contributed by atoms with E-state index < -0.39 is 6.61 Å². The Morgan fingerprint density at radius 1 is 1.10 bits per heavy atom. The molecule has 0 aliphatic heterocycles. The third-order valence-electron chi connectivity index (χ3n) is 4.50. The molecule has 0 fully saturated rings. The summed E-state index contributed by atoms with van der Waals surface area (Å²) in [5.41, 5.74) is 3.41. The predicted molar refractivity (Wildman–Crippen MR) is 106 cm³/mol. The van der Waals surface area contributed by atoms with Crippen LogP contribution in [0.15, 0.2) is 60.9 Å². The van der Waals surface area contributed by atoms with Crippen LogP contribution in [0.2, 0.25) is 0 Å². The maximum absolute atomic E-state index is 12.5. The number of carbonyl (C=O) groups is 1. The standard InChI is InChI=1S/C22H22F2N2O3/c1-15-5-7-17(14-18(15)26-11-3-4-12-26)21(27)25-10-9-16-6-8-19(29-22(23)24)20(13-16)28-2/h3-8,11-14,22H,9-10H2,1-2H3,(H,25,27). The van der Waals surface area contributed by atoms with Crippen molar-refractivity contribution in [2.75, 3.05) is 13.7 Å². The van der Waals surface area contributed by atoms with Crippen LogP contribution in [0, 0.1) is 6.92 Å². The number of nitrogens with one attached hydrogen (secondary N) is 1. The highest BCUT2D eigenvalue weighted by Gasteiger charge is 2.12. The molecular formula is C22H22F2N2O3. The molecule has 3 rings (SSSR count). The molecule has 0 saturated carbocycles. The Bertz CT molecular complexity index is 972. The van der Waals surface area contributed by atoms with Gasteiger partial charge in [-0.25, -0.2) is 0 Å². The van der Waals surface area contributed by atoms with Crippen molar-refractivity contribution in [2.24, 2.45) is 0 Å². The van der Waals surface area contributed by atoms with Crippen molar-refractivity contribution < 1.29 is 23.0 Å². The number of nitrogens with zero attached hydrogens (tertiary/aromatic N) is 1. The Labute approximate surface area is 167 Å². The number of hydrogen-bond donors (Lipinski definition) is 1. The van der Waals surface area contributed by atoms with Gasteiger partial charge in [-0.15, -0.1) is 0 Å². The summed E-state index contributed by atoms with van der Waals surface area (Å²) in [5.74, 6) is 0.0273. The van der Waals surface area contributed by atoms with Crippen molar-refractivity contribution in [1.82, 2.24) is 9.88 Å². The maximum atomic E-state index is 12.5. The number of benzene rings is 2. The molecule has 0 aliphatic carbocycles. The molecule has 0 aliphatic rings. The average Bonchev–Trinajstić information content (AvgIpc) is 3.23. The van der Waals surface area contributed by atoms with Crippen LogP contribution in [-0.4, -0.2) is 30.7 Å². The van der Waals surface area contributed by atoms with Crippen LogP contribution in [0.1, 0.15) is 21.5 Å². The number of amides is 1. The number of halogens is 2. The monoisotopic (exact) mass is 400 g/mol. The first kappa shape index (κ1) is 20.4. The molecule has 1 amide bonds. The summed E-state index contributed by atoms with van der Waals surface area (Å²) in [7, 11) is 1.39. The van der Waals surface area contributed by atoms with Crippen LogP contribution in [0.3, 0.4) is 0 Å². The highest BCUT2D eigenvalue weighted by molar-refractivity contribution is 5.94. The minimum atomic E-state index is -2.92. The van der Waals surface area contributed by atoms with Crippen LogP contribution in [0.25, 0.3) is 5.69 Å². The van der Waals surface area contributed by atoms with Gasteiger partial charge in [0.05, 0.1) is 7.11 Å². The van der Waals surface area contributed by atoms with Crippen LogP contribution >= 0.6 is 0 Å². The number of carbonyl (C=O) groups excluding carboxylic acids is 1. The van der Waals surface area contributed by atoms with Crippen molar-refractivity contribution >= 4 is 5.91 Å². The fourth-order valence-corrected chi connectivity index (χ4v) is 3.01. The first-order chi connectivity index (χ1) is 14.0. The normalized spacial score (nSPS) is 10.8. The molecule has 0 bridgehead atoms. The predicted octanol–water partition coefficient (Wildman–Crippen LogP) is 4.37. The third-order valence-corrected chi connectivity index (χ3v) is 4.50. The smallest absolute Gasteiger partial charge is 0.387 e. The Balaban J connectivity index is 1.62. The Kier molecular flexibility index (Phi) is 6.49. The zero-order valence-electron chi connectivity index (χ0n) is 16.2. The molecule has 3 aromatic rings. The summed E-state index contributed by atoms with van der Waals surface area (Å²) in [6.07, 6.45) is 4.38. The van der Waals surface area contributed by atoms with Gasteiger partial charge < -0.3 is 19.4 Å². The largest absolute Gasteiger partial charge is 0.493 e. The zero-order chi connectivity index (χ0) is 20.8. The highest BCUT2D eigenvalue weighted by Crippen LogP contribution is 2.29. The second-order valence-corrected chi connectivity index (χ2v) is 6.46. The first-order valence-electron chi connectivity index (χ1n) is 9.12. The lowest BCUT2D eigenvalue weighted by atomic mass is 10.1. The molecule has 0 spiro atoms. The average molecular weight is 400 g/mol. The number of aromatic nitrogens is 1. The summed E-state index contributed by atoms with van der Waals surface area (Å²) in [6.45, 7) is -0.532. The molecule has 152 valence electrons. The fraction of sp³-hybridized carbons (Fsp3) is 0.227. The first-order valence-corrected chi connectivity index (χ1v) is 9.12. The number of hydrogen-bond acceptors (Lipinski definition) is 3. The highest BCUT2D eigenvalue weighted by atomic mass is 19.3. The van der Waals surface area contributed by atoms with Crippen molar-refractivity contribution in [3.63, 3.8) is 0 Å². The molecule has 2 aromatic carbocycles. The summed E-state index contributed by atoms with van der Waals surface area (Å²) in [6, 6.07) is 14.1. The Morgan fingerprint density at radius 3 is 2.55 bits per heavy atom. The van der Waals surface area contributed by atoms with Gasteiger partial charge in [0.25, 0.3) is 5.91 Å². The van der Waals surface area contributed by atoms with E-state index >= 15 is 0 Å². The second kappa shape index (κ2) is 9.23. The fourth-order valence-electron chi connectivity index (χ4n) is 3.01. The number of alkyl halides is 2. The van der Waals surface area contributed by atoms with Crippen molar-refractivity contribution in [1.29, 1.82) is 0 Å². The van der Waals surface area contributed by atoms with Gasteiger partial charge in [0, 0.05) is 30.2 Å². The van der Waals surface area contributed by atoms with Crippen LogP contribution < -0.4 is 14.8 Å². The maximum Gasteiger partial charge on any atom is 0.387 e. The van der Waals surface area contributed by atoms with E-state index in [4.69, 9.17) is 4.74 Å². The molecule has 0 atom stereocenters. The molecule has 1 heterocycles. The van der Waals surface area contributed by atoms with E-state index in [9.17, 15) is 13.6 Å². The molecule has 7 heteroatoms. The summed E-state index contributed by atoms with van der Waals surface area (Å²) < 4.78 is 36.3. The minimum absolute atomic E-state index is 0.0208. The van der Waals surface area contributed by atoms with E-state index in [-0.39, 0.29) is 17.4 Å². The zero-order valence-corrected chi connectivity index (χ0v) is 16.2. The molecule has 1 aromatic heterocycles. The molecule has 0 radical (unpaired) electrons. The van der Waals surface area contributed by atoms with Gasteiger partial charge in [-0.05, 0) is 60.9 Å². The number of aryl methyl sites for hydroxylation is 1. The van der Waals surface area contributed by atoms with Gasteiger partial charge in [-0.3, -0.25) is 4.79 Å². The van der Waals surface area contributed by atoms with Crippen molar-refractivity contribution in [3.05, 3.63) is 77.6 Å². The summed E-state index contributed by atoms with van der Waals surface area (Å²) in [4.78, 5) is 12.5. The van der Waals surface area contributed by atoms with Gasteiger partial charge in [-0.2, -0.15) is 8.78 Å². The molecule has 0 saturated heterocycles. The van der Waals surface area contributed by atoms with Gasteiger partial charge in [-0.1, -0.05) is 12.1 Å². The van der Waals surface area contributed by atoms with E-state index in [1.165, 1.54) is 13.2 Å². The SMILES string of the molecule is COc1cc(CCNC(=O)c2ccc(C)c(-n3cccc3)c2)ccc1OC(F)F. The molecular weight excluding hydrogens is 378 g/mol. The van der Waals surface area contributed by atoms with Gasteiger partial charge in [0.1, 0.15) is 0 Å². The molecule has 29 heavy (non-hydrogen) atoms. The topological polar surface area (TPSA) is 52.5 Å². The third kappa shape index (κ3) is 5.13. The van der Waals surface area contributed by atoms with E-state index in [0.717, 1.165) is 16.8 Å². The van der Waals surface area contributed by atoms with Crippen LogP contribution in [0.5, 0.6) is 11.5 Å². The lowest BCUT2D eigenvalue weighted by Gasteiger charge is -2.12. The van der Waals surface area contributed by atoms with E-state index in [1.807, 2.05) is 48.1 Å². The Hall–Kier alpha value is -3.35. The lowest BCUT2D eigenvalue weighted by molar-refractivity contribution is -0.0512. The quantitative estimate of drug-likeness (QED) is 0.611. The van der Waals surface area contributed by atoms with Crippen molar-refractivity contribution in [2.45, 2.75) is 20.0 Å². The Morgan fingerprint density at radius 2 is 1.86 bits per heavy atom. The van der Waals surface area contributed by atoms with E-state index in [2.05, 4.69) is 10.1 Å². The summed E-state index contributed by atoms with van der Waals surface area (Å²) in [5, 5.41) is 2.88. The molecule has 5 nitrogen and oxygen atoms in total. The van der Waals surface area contributed by atoms with Crippen LogP contribution in [0.4, 0.5) is 8.78 Å². The number of methoxy groups -OCH3 is 1. The van der Waals surface area contributed by atoms with E-state index in [0.29, 0.717) is 18.5 Å².